The topological polar surface area (TPSA) is 46.4 Å². The Labute approximate surface area is 201 Å². The fourth-order valence-electron chi connectivity index (χ4n) is 4.72. The van der Waals surface area contributed by atoms with E-state index in [-0.39, 0.29) is 0 Å². The van der Waals surface area contributed by atoms with Crippen LogP contribution in [-0.4, -0.2) is 70.7 Å². The van der Waals surface area contributed by atoms with Crippen molar-refractivity contribution in [2.45, 2.75) is 25.8 Å². The molecule has 1 fully saturated rings. The maximum atomic E-state index is 6.06. The number of pyridine rings is 1. The van der Waals surface area contributed by atoms with E-state index >= 15 is 0 Å². The monoisotopic (exact) mass is 455 g/mol. The van der Waals surface area contributed by atoms with Gasteiger partial charge in [0.05, 0.1) is 17.6 Å². The van der Waals surface area contributed by atoms with Gasteiger partial charge in [-0.3, -0.25) is 9.55 Å². The van der Waals surface area contributed by atoms with Gasteiger partial charge in [0, 0.05) is 31.0 Å². The molecule has 1 aliphatic heterocycles. The average molecular weight is 456 g/mol. The first kappa shape index (κ1) is 22.6. The van der Waals surface area contributed by atoms with E-state index in [0.717, 1.165) is 53.6 Å². The van der Waals surface area contributed by atoms with Gasteiger partial charge < -0.3 is 14.5 Å². The Bertz CT molecular complexity index is 1230. The highest BCUT2D eigenvalue weighted by Crippen LogP contribution is 2.29. The van der Waals surface area contributed by atoms with Gasteiger partial charge in [-0.1, -0.05) is 12.1 Å². The molecule has 0 N–H and O–H groups in total. The van der Waals surface area contributed by atoms with Crippen molar-refractivity contribution in [2.75, 3.05) is 40.3 Å². The van der Waals surface area contributed by atoms with Crippen LogP contribution in [0.5, 0.6) is 5.75 Å². The highest BCUT2D eigenvalue weighted by molar-refractivity contribution is 5.83. The lowest BCUT2D eigenvalue weighted by Crippen LogP contribution is -2.32. The number of likely N-dealkylation sites (N-methyl/N-ethyl adjacent to an activating group) is 1. The molecule has 0 unspecified atom stereocenters. The predicted molar refractivity (Wildman–Crippen MR) is 138 cm³/mol. The number of ether oxygens (including phenoxy) is 1. The van der Waals surface area contributed by atoms with Gasteiger partial charge in [-0.05, 0) is 94.5 Å². The first-order valence-electron chi connectivity index (χ1n) is 12.1. The van der Waals surface area contributed by atoms with Gasteiger partial charge in [0.2, 0.25) is 0 Å². The SMILES string of the molecule is Cc1ccc2c(c1)nc(-c1ccccn1)n2-c1ccc(OCCCN2CC[C@@H](N(C)C)C2)cc1. The predicted octanol–water partition coefficient (Wildman–Crippen LogP) is 4.80. The van der Waals surface area contributed by atoms with Crippen molar-refractivity contribution in [2.24, 2.45) is 0 Å². The summed E-state index contributed by atoms with van der Waals surface area (Å²) in [5.41, 5.74) is 5.14. The Hall–Kier alpha value is -3.22. The molecular weight excluding hydrogens is 422 g/mol. The van der Waals surface area contributed by atoms with Crippen LogP contribution in [0.1, 0.15) is 18.4 Å². The molecule has 3 heterocycles. The van der Waals surface area contributed by atoms with Crippen molar-refractivity contribution in [3.8, 4) is 23.0 Å². The molecule has 1 aliphatic rings. The van der Waals surface area contributed by atoms with E-state index in [0.29, 0.717) is 6.04 Å². The van der Waals surface area contributed by atoms with E-state index in [2.05, 4.69) is 82.8 Å². The third-order valence-electron chi connectivity index (χ3n) is 6.66. The van der Waals surface area contributed by atoms with Crippen molar-refractivity contribution in [3.63, 3.8) is 0 Å². The zero-order valence-corrected chi connectivity index (χ0v) is 20.3. The highest BCUT2D eigenvalue weighted by Gasteiger charge is 2.23. The second kappa shape index (κ2) is 9.95. The molecule has 5 rings (SSSR count). The molecule has 0 spiro atoms. The molecule has 0 radical (unpaired) electrons. The number of hydrogen-bond donors (Lipinski definition) is 0. The molecule has 4 aromatic rings. The van der Waals surface area contributed by atoms with Crippen molar-refractivity contribution < 1.29 is 4.74 Å². The van der Waals surface area contributed by atoms with E-state index in [1.807, 2.05) is 24.4 Å². The number of benzene rings is 2. The Balaban J connectivity index is 1.28. The molecule has 6 heteroatoms. The average Bonchev–Trinajstić information content (AvgIpc) is 3.48. The van der Waals surface area contributed by atoms with Gasteiger partial charge in [-0.25, -0.2) is 4.98 Å². The van der Waals surface area contributed by atoms with Crippen LogP contribution >= 0.6 is 0 Å². The van der Waals surface area contributed by atoms with Gasteiger partial charge in [-0.2, -0.15) is 0 Å². The second-order valence-electron chi connectivity index (χ2n) is 9.38. The first-order chi connectivity index (χ1) is 16.6. The summed E-state index contributed by atoms with van der Waals surface area (Å²) < 4.78 is 8.23. The maximum Gasteiger partial charge on any atom is 0.164 e. The largest absolute Gasteiger partial charge is 0.494 e. The Morgan fingerprint density at radius 1 is 1.06 bits per heavy atom. The summed E-state index contributed by atoms with van der Waals surface area (Å²) in [7, 11) is 4.35. The molecule has 0 bridgehead atoms. The van der Waals surface area contributed by atoms with Crippen LogP contribution in [0.4, 0.5) is 0 Å². The molecule has 1 saturated heterocycles. The number of imidazole rings is 1. The molecule has 0 saturated carbocycles. The summed E-state index contributed by atoms with van der Waals surface area (Å²) >= 11 is 0. The third-order valence-corrected chi connectivity index (χ3v) is 6.66. The van der Waals surface area contributed by atoms with E-state index in [1.165, 1.54) is 25.1 Å². The number of nitrogens with zero attached hydrogens (tertiary/aromatic N) is 5. The van der Waals surface area contributed by atoms with Crippen molar-refractivity contribution in [3.05, 3.63) is 72.4 Å². The lowest BCUT2D eigenvalue weighted by atomic mass is 10.2. The van der Waals surface area contributed by atoms with Crippen LogP contribution in [0, 0.1) is 6.92 Å². The van der Waals surface area contributed by atoms with Gasteiger partial charge in [-0.15, -0.1) is 0 Å². The number of hydrogen-bond acceptors (Lipinski definition) is 5. The van der Waals surface area contributed by atoms with Crippen LogP contribution in [0.3, 0.4) is 0 Å². The van der Waals surface area contributed by atoms with Crippen molar-refractivity contribution in [1.29, 1.82) is 0 Å². The number of aromatic nitrogens is 3. The molecule has 1 atom stereocenters. The standard InChI is InChI=1S/C28H33N5O/c1-21-8-13-27-26(19-21)30-28(25-7-4-5-15-29-25)33(27)22-9-11-24(12-10-22)34-18-6-16-32-17-14-23(20-32)31(2)3/h4-5,7-13,15,19,23H,6,14,16-18,20H2,1-3H3/t23-/m1/s1. The first-order valence-corrected chi connectivity index (χ1v) is 12.1. The van der Waals surface area contributed by atoms with Crippen LogP contribution in [-0.2, 0) is 0 Å². The number of aryl methyl sites for hydroxylation is 1. The van der Waals surface area contributed by atoms with Gasteiger partial charge >= 0.3 is 0 Å². The summed E-state index contributed by atoms with van der Waals surface area (Å²) in [5, 5.41) is 0. The summed E-state index contributed by atoms with van der Waals surface area (Å²) in [5.74, 6) is 1.74. The zero-order valence-electron chi connectivity index (χ0n) is 20.3. The van der Waals surface area contributed by atoms with Crippen LogP contribution in [0.2, 0.25) is 0 Å². The molecule has 176 valence electrons. The minimum atomic E-state index is 0.688. The Morgan fingerprint density at radius 2 is 1.91 bits per heavy atom. The third kappa shape index (κ3) is 4.83. The fourth-order valence-corrected chi connectivity index (χ4v) is 4.72. The normalized spacial score (nSPS) is 16.5. The zero-order chi connectivity index (χ0) is 23.5. The van der Waals surface area contributed by atoms with Crippen LogP contribution in [0.15, 0.2) is 66.9 Å². The van der Waals surface area contributed by atoms with Crippen LogP contribution < -0.4 is 4.74 Å². The van der Waals surface area contributed by atoms with E-state index in [4.69, 9.17) is 9.72 Å². The van der Waals surface area contributed by atoms with Crippen molar-refractivity contribution in [1.82, 2.24) is 24.3 Å². The molecule has 0 aliphatic carbocycles. The van der Waals surface area contributed by atoms with Gasteiger partial charge in [0.1, 0.15) is 11.4 Å². The lowest BCUT2D eigenvalue weighted by molar-refractivity contribution is 0.242. The fraction of sp³-hybridized carbons (Fsp3) is 0.357. The number of likely N-dealkylation sites (tertiary alicyclic amines) is 1. The number of fused-ring (bicyclic) bond motifs is 1. The summed E-state index contributed by atoms with van der Waals surface area (Å²) in [6.45, 7) is 6.27. The van der Waals surface area contributed by atoms with Gasteiger partial charge in [0.15, 0.2) is 5.82 Å². The molecular formula is C28H33N5O. The van der Waals surface area contributed by atoms with E-state index < -0.39 is 0 Å². The minimum absolute atomic E-state index is 0.688. The second-order valence-corrected chi connectivity index (χ2v) is 9.38. The lowest BCUT2D eigenvalue weighted by Gasteiger charge is -2.20. The minimum Gasteiger partial charge on any atom is -0.494 e. The quantitative estimate of drug-likeness (QED) is 0.357. The van der Waals surface area contributed by atoms with Crippen molar-refractivity contribution >= 4 is 11.0 Å². The van der Waals surface area contributed by atoms with E-state index in [1.54, 1.807) is 0 Å². The molecule has 34 heavy (non-hydrogen) atoms. The van der Waals surface area contributed by atoms with Crippen LogP contribution in [0.25, 0.3) is 28.2 Å². The summed E-state index contributed by atoms with van der Waals surface area (Å²) in [6, 6.07) is 21.3. The summed E-state index contributed by atoms with van der Waals surface area (Å²) in [4.78, 5) is 14.4. The highest BCUT2D eigenvalue weighted by atomic mass is 16.5. The Morgan fingerprint density at radius 3 is 2.65 bits per heavy atom. The van der Waals surface area contributed by atoms with E-state index in [9.17, 15) is 0 Å². The molecule has 6 nitrogen and oxygen atoms in total. The van der Waals surface area contributed by atoms with Gasteiger partial charge in [0.25, 0.3) is 0 Å². The number of rotatable bonds is 8. The molecule has 2 aromatic heterocycles. The maximum absolute atomic E-state index is 6.06. The smallest absolute Gasteiger partial charge is 0.164 e. The molecule has 2 aromatic carbocycles. The molecule has 0 amide bonds. The summed E-state index contributed by atoms with van der Waals surface area (Å²) in [6.07, 6.45) is 4.11. The Kier molecular flexibility index (Phi) is 6.61.